The molecule has 1 heterocycles. The zero-order valence-electron chi connectivity index (χ0n) is 16.5. The summed E-state index contributed by atoms with van der Waals surface area (Å²) in [5, 5.41) is 11.7. The third-order valence-corrected chi connectivity index (χ3v) is 4.74. The predicted octanol–water partition coefficient (Wildman–Crippen LogP) is 3.14. The fourth-order valence-electron chi connectivity index (χ4n) is 3.22. The van der Waals surface area contributed by atoms with Crippen LogP contribution in [0.3, 0.4) is 0 Å². The van der Waals surface area contributed by atoms with Crippen molar-refractivity contribution in [2.45, 2.75) is 58.2 Å². The molecule has 1 aromatic heterocycles. The van der Waals surface area contributed by atoms with Crippen molar-refractivity contribution in [2.75, 3.05) is 11.6 Å². The first kappa shape index (κ1) is 21.2. The van der Waals surface area contributed by atoms with Gasteiger partial charge in [-0.2, -0.15) is 0 Å². The van der Waals surface area contributed by atoms with E-state index in [1.165, 1.54) is 28.6 Å². The summed E-state index contributed by atoms with van der Waals surface area (Å²) in [7, 11) is 0. The molecule has 0 saturated carbocycles. The van der Waals surface area contributed by atoms with Gasteiger partial charge < -0.3 is 11.2 Å². The van der Waals surface area contributed by atoms with Crippen LogP contribution in [0.2, 0.25) is 0 Å². The number of nitrogens with two attached hydrogens (primary N) is 1. The number of nitrogens with one attached hydrogen (secondary N) is 1. The molecule has 0 radical (unpaired) electrons. The van der Waals surface area contributed by atoms with E-state index in [1.807, 2.05) is 13.8 Å². The zero-order chi connectivity index (χ0) is 20.2. The molecule has 0 atom stereocenters. The predicted molar refractivity (Wildman–Crippen MR) is 106 cm³/mol. The van der Waals surface area contributed by atoms with Gasteiger partial charge in [0.05, 0.1) is 5.75 Å². The Hall–Kier alpha value is -2.09. The molecule has 0 bridgehead atoms. The van der Waals surface area contributed by atoms with E-state index in [2.05, 4.69) is 36.3 Å². The fraction of sp³-hybridized carbons (Fsp3) is 0.526. The summed E-state index contributed by atoms with van der Waals surface area (Å²) in [4.78, 5) is 12.3. The van der Waals surface area contributed by atoms with Gasteiger partial charge in [-0.15, -0.1) is 10.2 Å². The number of benzene rings is 1. The molecule has 0 aliphatic carbocycles. The SMILES string of the molecule is CC(C)(C)CC(C)(C)NC(=O)CSc1nnc(Cc2ccc(F)cc2)n1N. The van der Waals surface area contributed by atoms with Gasteiger partial charge in [-0.05, 0) is 43.4 Å². The highest BCUT2D eigenvalue weighted by Gasteiger charge is 2.27. The number of hydrogen-bond acceptors (Lipinski definition) is 5. The van der Waals surface area contributed by atoms with Crippen molar-refractivity contribution in [2.24, 2.45) is 5.41 Å². The Morgan fingerprint density at radius 1 is 1.19 bits per heavy atom. The van der Waals surface area contributed by atoms with Crippen LogP contribution in [0, 0.1) is 11.2 Å². The average molecular weight is 394 g/mol. The van der Waals surface area contributed by atoms with Crippen LogP contribution in [0.4, 0.5) is 4.39 Å². The molecule has 0 unspecified atom stereocenters. The summed E-state index contributed by atoms with van der Waals surface area (Å²) < 4.78 is 14.4. The van der Waals surface area contributed by atoms with E-state index in [-0.39, 0.29) is 28.4 Å². The minimum Gasteiger partial charge on any atom is -0.350 e. The summed E-state index contributed by atoms with van der Waals surface area (Å²) in [6.07, 6.45) is 1.31. The van der Waals surface area contributed by atoms with E-state index in [4.69, 9.17) is 5.84 Å². The van der Waals surface area contributed by atoms with Gasteiger partial charge in [0.25, 0.3) is 0 Å². The number of amides is 1. The van der Waals surface area contributed by atoms with Crippen molar-refractivity contribution in [3.63, 3.8) is 0 Å². The van der Waals surface area contributed by atoms with Crippen molar-refractivity contribution in [1.82, 2.24) is 20.2 Å². The number of carbonyl (C=O) groups is 1. The monoisotopic (exact) mass is 393 g/mol. The topological polar surface area (TPSA) is 85.8 Å². The number of halogens is 1. The Morgan fingerprint density at radius 3 is 2.41 bits per heavy atom. The molecule has 3 N–H and O–H groups in total. The lowest BCUT2D eigenvalue weighted by atomic mass is 9.82. The lowest BCUT2D eigenvalue weighted by molar-refractivity contribution is -0.120. The number of rotatable bonds is 7. The molecule has 6 nitrogen and oxygen atoms in total. The third-order valence-electron chi connectivity index (χ3n) is 3.79. The lowest BCUT2D eigenvalue weighted by Crippen LogP contribution is -2.46. The minimum atomic E-state index is -0.292. The van der Waals surface area contributed by atoms with Crippen LogP contribution in [-0.2, 0) is 11.2 Å². The Bertz CT molecular complexity index is 780. The first-order chi connectivity index (χ1) is 12.5. The fourth-order valence-corrected chi connectivity index (χ4v) is 3.90. The summed E-state index contributed by atoms with van der Waals surface area (Å²) in [6, 6.07) is 6.15. The van der Waals surface area contributed by atoms with Gasteiger partial charge in [-0.3, -0.25) is 4.79 Å². The van der Waals surface area contributed by atoms with E-state index < -0.39 is 0 Å². The van der Waals surface area contributed by atoms with Gasteiger partial charge in [0.2, 0.25) is 11.1 Å². The maximum Gasteiger partial charge on any atom is 0.230 e. The van der Waals surface area contributed by atoms with Gasteiger partial charge in [0, 0.05) is 12.0 Å². The summed E-state index contributed by atoms with van der Waals surface area (Å²) in [5.41, 5.74) is 0.713. The van der Waals surface area contributed by atoms with E-state index >= 15 is 0 Å². The van der Waals surface area contributed by atoms with Crippen LogP contribution in [-0.4, -0.2) is 32.1 Å². The molecule has 2 rings (SSSR count). The molecule has 0 spiro atoms. The molecule has 0 aliphatic rings. The molecule has 1 aromatic carbocycles. The molecular weight excluding hydrogens is 365 g/mol. The van der Waals surface area contributed by atoms with Crippen LogP contribution in [0.25, 0.3) is 0 Å². The van der Waals surface area contributed by atoms with Crippen LogP contribution >= 0.6 is 11.8 Å². The number of hydrogen-bond donors (Lipinski definition) is 2. The maximum atomic E-state index is 13.0. The lowest BCUT2D eigenvalue weighted by Gasteiger charge is -2.33. The molecule has 0 saturated heterocycles. The molecule has 0 aliphatic heterocycles. The highest BCUT2D eigenvalue weighted by molar-refractivity contribution is 7.99. The molecule has 27 heavy (non-hydrogen) atoms. The third kappa shape index (κ3) is 6.86. The second kappa shape index (κ2) is 8.29. The number of nitrogen functional groups attached to an aromatic ring is 1. The summed E-state index contributed by atoms with van der Waals surface area (Å²) in [5.74, 6) is 6.44. The first-order valence-corrected chi connectivity index (χ1v) is 9.81. The van der Waals surface area contributed by atoms with Crippen molar-refractivity contribution in [3.05, 3.63) is 41.5 Å². The largest absolute Gasteiger partial charge is 0.350 e. The van der Waals surface area contributed by atoms with E-state index in [0.717, 1.165) is 12.0 Å². The first-order valence-electron chi connectivity index (χ1n) is 8.83. The Kier molecular flexibility index (Phi) is 6.51. The van der Waals surface area contributed by atoms with Gasteiger partial charge in [-0.1, -0.05) is 44.7 Å². The van der Waals surface area contributed by atoms with Gasteiger partial charge in [0.1, 0.15) is 5.82 Å². The Balaban J connectivity index is 1.92. The van der Waals surface area contributed by atoms with Gasteiger partial charge >= 0.3 is 0 Å². The molecule has 8 heteroatoms. The zero-order valence-corrected chi connectivity index (χ0v) is 17.4. The molecule has 1 amide bonds. The van der Waals surface area contributed by atoms with Crippen molar-refractivity contribution >= 4 is 17.7 Å². The van der Waals surface area contributed by atoms with Gasteiger partial charge in [0.15, 0.2) is 5.82 Å². The Morgan fingerprint density at radius 2 is 1.81 bits per heavy atom. The van der Waals surface area contributed by atoms with Crippen LogP contribution < -0.4 is 11.2 Å². The van der Waals surface area contributed by atoms with E-state index in [9.17, 15) is 9.18 Å². The van der Waals surface area contributed by atoms with Crippen molar-refractivity contribution in [3.8, 4) is 0 Å². The number of nitrogens with zero attached hydrogens (tertiary/aromatic N) is 3. The Labute approximate surface area is 164 Å². The van der Waals surface area contributed by atoms with Crippen LogP contribution in [0.1, 0.15) is 52.4 Å². The van der Waals surface area contributed by atoms with E-state index in [0.29, 0.717) is 17.4 Å². The quantitative estimate of drug-likeness (QED) is 0.557. The molecular formula is C19H28FN5OS. The second-order valence-electron chi connectivity index (χ2n) is 8.53. The average Bonchev–Trinajstić information content (AvgIpc) is 2.85. The number of aromatic nitrogens is 3. The highest BCUT2D eigenvalue weighted by Crippen LogP contribution is 2.27. The van der Waals surface area contributed by atoms with Crippen LogP contribution in [0.15, 0.2) is 29.4 Å². The normalized spacial score (nSPS) is 12.2. The van der Waals surface area contributed by atoms with Crippen molar-refractivity contribution in [1.29, 1.82) is 0 Å². The highest BCUT2D eigenvalue weighted by atomic mass is 32.2. The molecule has 2 aromatic rings. The maximum absolute atomic E-state index is 13.0. The standard InChI is InChI=1S/C19H28FN5OS/c1-18(2,3)12-19(4,5)22-16(26)11-27-17-24-23-15(25(17)21)10-13-6-8-14(20)9-7-13/h6-9H,10-12,21H2,1-5H3,(H,22,26). The van der Waals surface area contributed by atoms with Crippen LogP contribution in [0.5, 0.6) is 0 Å². The number of thioether (sulfide) groups is 1. The minimum absolute atomic E-state index is 0.0719. The summed E-state index contributed by atoms with van der Waals surface area (Å²) >= 11 is 1.24. The van der Waals surface area contributed by atoms with E-state index in [1.54, 1.807) is 12.1 Å². The van der Waals surface area contributed by atoms with Crippen molar-refractivity contribution < 1.29 is 9.18 Å². The molecule has 0 fully saturated rings. The molecule has 148 valence electrons. The van der Waals surface area contributed by atoms with Gasteiger partial charge in [-0.25, -0.2) is 9.07 Å². The smallest absolute Gasteiger partial charge is 0.230 e. The number of carbonyl (C=O) groups excluding carboxylic acids is 1. The summed E-state index contributed by atoms with van der Waals surface area (Å²) in [6.45, 7) is 10.5. The second-order valence-corrected chi connectivity index (χ2v) is 9.47.